The van der Waals surface area contributed by atoms with Crippen LogP contribution in [0.5, 0.6) is 0 Å². The number of rotatable bonds is 5. The standard InChI is InChI=1S/C15H18N2OS/c1-2-17(11-13-5-4-10-18-13)12-15-8-7-14(19-15)6-3-9-16/h4-5,7-8,10H,2,9,11-12,16H2,1H3. The lowest BCUT2D eigenvalue weighted by atomic mass is 10.3. The maximum absolute atomic E-state index is 5.39. The Morgan fingerprint density at radius 1 is 1.32 bits per heavy atom. The molecule has 0 aliphatic carbocycles. The fourth-order valence-corrected chi connectivity index (χ4v) is 2.72. The van der Waals surface area contributed by atoms with Gasteiger partial charge in [0.25, 0.3) is 0 Å². The highest BCUT2D eigenvalue weighted by atomic mass is 32.1. The minimum atomic E-state index is 0.410. The van der Waals surface area contributed by atoms with Crippen molar-refractivity contribution in [3.05, 3.63) is 46.0 Å². The molecule has 2 rings (SSSR count). The normalized spacial score (nSPS) is 10.5. The van der Waals surface area contributed by atoms with E-state index in [0.717, 1.165) is 30.3 Å². The summed E-state index contributed by atoms with van der Waals surface area (Å²) >= 11 is 1.73. The van der Waals surface area contributed by atoms with Crippen LogP contribution in [0.15, 0.2) is 34.9 Å². The highest BCUT2D eigenvalue weighted by Crippen LogP contribution is 2.18. The first-order chi connectivity index (χ1) is 9.31. The summed E-state index contributed by atoms with van der Waals surface area (Å²) < 4.78 is 5.39. The van der Waals surface area contributed by atoms with Crippen molar-refractivity contribution in [2.75, 3.05) is 13.1 Å². The molecule has 0 spiro atoms. The molecule has 4 heteroatoms. The van der Waals surface area contributed by atoms with E-state index in [1.807, 2.05) is 12.1 Å². The van der Waals surface area contributed by atoms with Crippen LogP contribution < -0.4 is 5.73 Å². The van der Waals surface area contributed by atoms with E-state index in [0.29, 0.717) is 6.54 Å². The van der Waals surface area contributed by atoms with E-state index in [9.17, 15) is 0 Å². The Bertz CT molecular complexity index is 548. The van der Waals surface area contributed by atoms with E-state index in [4.69, 9.17) is 10.2 Å². The van der Waals surface area contributed by atoms with Gasteiger partial charge >= 0.3 is 0 Å². The summed E-state index contributed by atoms with van der Waals surface area (Å²) in [6.45, 7) is 5.32. The molecule has 0 aromatic carbocycles. The Labute approximate surface area is 118 Å². The van der Waals surface area contributed by atoms with Gasteiger partial charge in [-0.05, 0) is 30.8 Å². The van der Waals surface area contributed by atoms with Gasteiger partial charge in [-0.25, -0.2) is 0 Å². The number of hydrogen-bond acceptors (Lipinski definition) is 4. The maximum Gasteiger partial charge on any atom is 0.117 e. The Balaban J connectivity index is 1.96. The quantitative estimate of drug-likeness (QED) is 0.852. The molecule has 100 valence electrons. The zero-order valence-electron chi connectivity index (χ0n) is 11.1. The number of furan rings is 1. The van der Waals surface area contributed by atoms with Crippen molar-refractivity contribution >= 4 is 11.3 Å². The molecule has 0 atom stereocenters. The van der Waals surface area contributed by atoms with E-state index in [1.165, 1.54) is 4.88 Å². The second-order valence-corrected chi connectivity index (χ2v) is 5.32. The molecule has 2 aromatic heterocycles. The van der Waals surface area contributed by atoms with Crippen LogP contribution in [-0.4, -0.2) is 18.0 Å². The van der Waals surface area contributed by atoms with Crippen molar-refractivity contribution < 1.29 is 4.42 Å². The molecule has 0 fully saturated rings. The van der Waals surface area contributed by atoms with Gasteiger partial charge in [-0.15, -0.1) is 11.3 Å². The van der Waals surface area contributed by atoms with Gasteiger partial charge in [-0.3, -0.25) is 4.90 Å². The molecule has 0 radical (unpaired) electrons. The largest absolute Gasteiger partial charge is 0.468 e. The molecule has 2 aromatic rings. The first-order valence-electron chi connectivity index (χ1n) is 6.34. The third-order valence-corrected chi connectivity index (χ3v) is 3.75. The fourth-order valence-electron chi connectivity index (χ4n) is 1.79. The second kappa shape index (κ2) is 7.15. The molecular weight excluding hydrogens is 256 g/mol. The monoisotopic (exact) mass is 274 g/mol. The van der Waals surface area contributed by atoms with E-state index >= 15 is 0 Å². The summed E-state index contributed by atoms with van der Waals surface area (Å²) in [5.74, 6) is 6.95. The van der Waals surface area contributed by atoms with Crippen LogP contribution >= 0.6 is 11.3 Å². The fraction of sp³-hybridized carbons (Fsp3) is 0.333. The zero-order valence-corrected chi connectivity index (χ0v) is 11.9. The second-order valence-electron chi connectivity index (χ2n) is 4.15. The van der Waals surface area contributed by atoms with Crippen molar-refractivity contribution in [1.29, 1.82) is 0 Å². The first-order valence-corrected chi connectivity index (χ1v) is 7.16. The summed E-state index contributed by atoms with van der Waals surface area (Å²) in [5.41, 5.74) is 5.37. The van der Waals surface area contributed by atoms with E-state index in [2.05, 4.69) is 35.8 Å². The molecule has 0 bridgehead atoms. The Kier molecular flexibility index (Phi) is 5.22. The van der Waals surface area contributed by atoms with Gasteiger partial charge in [0, 0.05) is 11.4 Å². The van der Waals surface area contributed by atoms with Crippen molar-refractivity contribution in [2.24, 2.45) is 5.73 Å². The van der Waals surface area contributed by atoms with Gasteiger partial charge in [0.2, 0.25) is 0 Å². The number of nitrogens with zero attached hydrogens (tertiary/aromatic N) is 1. The van der Waals surface area contributed by atoms with Crippen LogP contribution in [0.2, 0.25) is 0 Å². The average Bonchev–Trinajstić information content (AvgIpc) is 3.07. The summed E-state index contributed by atoms with van der Waals surface area (Å²) in [4.78, 5) is 4.73. The molecular formula is C15H18N2OS. The maximum atomic E-state index is 5.39. The van der Waals surface area contributed by atoms with E-state index in [1.54, 1.807) is 17.6 Å². The molecule has 0 amide bonds. The van der Waals surface area contributed by atoms with Gasteiger partial charge in [-0.1, -0.05) is 18.8 Å². The first kappa shape index (κ1) is 13.9. The van der Waals surface area contributed by atoms with Crippen LogP contribution in [0, 0.1) is 11.8 Å². The van der Waals surface area contributed by atoms with Crippen LogP contribution in [-0.2, 0) is 13.1 Å². The van der Waals surface area contributed by atoms with Crippen molar-refractivity contribution in [3.8, 4) is 11.8 Å². The number of hydrogen-bond donors (Lipinski definition) is 1. The van der Waals surface area contributed by atoms with Crippen LogP contribution in [0.25, 0.3) is 0 Å². The van der Waals surface area contributed by atoms with E-state index in [-0.39, 0.29) is 0 Å². The van der Waals surface area contributed by atoms with E-state index < -0.39 is 0 Å². The molecule has 0 aliphatic heterocycles. The highest BCUT2D eigenvalue weighted by Gasteiger charge is 2.08. The Hall–Kier alpha value is -1.54. The molecule has 0 saturated heterocycles. The van der Waals surface area contributed by atoms with Crippen LogP contribution in [0.1, 0.15) is 22.4 Å². The van der Waals surface area contributed by atoms with Gasteiger partial charge in [0.05, 0.1) is 24.2 Å². The Morgan fingerprint density at radius 2 is 2.21 bits per heavy atom. The average molecular weight is 274 g/mol. The van der Waals surface area contributed by atoms with Gasteiger partial charge in [0.15, 0.2) is 0 Å². The minimum absolute atomic E-state index is 0.410. The van der Waals surface area contributed by atoms with Gasteiger partial charge < -0.3 is 10.2 Å². The lowest BCUT2D eigenvalue weighted by molar-refractivity contribution is 0.250. The number of nitrogens with two attached hydrogens (primary N) is 1. The third kappa shape index (κ3) is 4.25. The summed E-state index contributed by atoms with van der Waals surface area (Å²) in [5, 5.41) is 0. The van der Waals surface area contributed by atoms with Crippen molar-refractivity contribution in [3.63, 3.8) is 0 Å². The zero-order chi connectivity index (χ0) is 13.5. The summed E-state index contributed by atoms with van der Waals surface area (Å²) in [6.07, 6.45) is 1.72. The lowest BCUT2D eigenvalue weighted by Gasteiger charge is -2.17. The van der Waals surface area contributed by atoms with Crippen LogP contribution in [0.3, 0.4) is 0 Å². The SMILES string of the molecule is CCN(Cc1ccco1)Cc1ccc(C#CCN)s1. The Morgan fingerprint density at radius 3 is 2.89 bits per heavy atom. The topological polar surface area (TPSA) is 42.4 Å². The van der Waals surface area contributed by atoms with Gasteiger partial charge in [0.1, 0.15) is 5.76 Å². The van der Waals surface area contributed by atoms with Crippen molar-refractivity contribution in [2.45, 2.75) is 20.0 Å². The number of thiophene rings is 1. The molecule has 2 heterocycles. The molecule has 0 aliphatic rings. The highest BCUT2D eigenvalue weighted by molar-refractivity contribution is 7.12. The lowest BCUT2D eigenvalue weighted by Crippen LogP contribution is -2.21. The summed E-state index contributed by atoms with van der Waals surface area (Å²) in [7, 11) is 0. The predicted molar refractivity (Wildman–Crippen MR) is 78.7 cm³/mol. The molecule has 0 saturated carbocycles. The molecule has 19 heavy (non-hydrogen) atoms. The summed E-state index contributed by atoms with van der Waals surface area (Å²) in [6, 6.07) is 8.13. The molecule has 0 unspecified atom stereocenters. The van der Waals surface area contributed by atoms with Crippen LogP contribution in [0.4, 0.5) is 0 Å². The predicted octanol–water partition coefficient (Wildman–Crippen LogP) is 2.67. The smallest absolute Gasteiger partial charge is 0.117 e. The minimum Gasteiger partial charge on any atom is -0.468 e. The molecule has 2 N–H and O–H groups in total. The molecule has 3 nitrogen and oxygen atoms in total. The third-order valence-electron chi connectivity index (χ3n) is 2.76. The van der Waals surface area contributed by atoms with Gasteiger partial charge in [-0.2, -0.15) is 0 Å². The van der Waals surface area contributed by atoms with Crippen molar-refractivity contribution in [1.82, 2.24) is 4.90 Å².